The van der Waals surface area contributed by atoms with E-state index in [9.17, 15) is 4.79 Å². The number of carbonyl (C=O) groups excluding carboxylic acids is 1. The first-order valence-electron chi connectivity index (χ1n) is 9.46. The summed E-state index contributed by atoms with van der Waals surface area (Å²) < 4.78 is 6.05. The van der Waals surface area contributed by atoms with Crippen LogP contribution in [0, 0.1) is 6.92 Å². The van der Waals surface area contributed by atoms with Gasteiger partial charge in [-0.15, -0.1) is 4.80 Å². The Balaban J connectivity index is 1.58. The van der Waals surface area contributed by atoms with Gasteiger partial charge in [0.15, 0.2) is 5.69 Å². The second-order valence-corrected chi connectivity index (χ2v) is 7.43. The number of aromatic nitrogens is 5. The van der Waals surface area contributed by atoms with Crippen LogP contribution in [0.4, 0.5) is 0 Å². The van der Waals surface area contributed by atoms with Gasteiger partial charge in [-0.25, -0.2) is 9.97 Å². The maximum Gasteiger partial charge on any atom is 0.275 e. The van der Waals surface area contributed by atoms with Crippen molar-refractivity contribution in [3.63, 3.8) is 0 Å². The number of amides is 1. The van der Waals surface area contributed by atoms with Gasteiger partial charge in [0.25, 0.3) is 5.91 Å². The lowest BCUT2D eigenvalue weighted by molar-refractivity contribution is 0.0262. The highest BCUT2D eigenvalue weighted by molar-refractivity contribution is 6.30. The first-order chi connectivity index (χ1) is 14.0. The van der Waals surface area contributed by atoms with Crippen molar-refractivity contribution in [2.75, 3.05) is 6.54 Å². The molecule has 1 saturated heterocycles. The molecule has 0 saturated carbocycles. The van der Waals surface area contributed by atoms with E-state index in [1.807, 2.05) is 26.0 Å². The molecule has 0 spiro atoms. The van der Waals surface area contributed by atoms with Crippen LogP contribution in [0.1, 0.15) is 35.9 Å². The fourth-order valence-corrected chi connectivity index (χ4v) is 3.60. The summed E-state index contributed by atoms with van der Waals surface area (Å²) in [4.78, 5) is 25.3. The largest absolute Gasteiger partial charge is 0.472 e. The third-order valence-corrected chi connectivity index (χ3v) is 5.22. The predicted molar refractivity (Wildman–Crippen MR) is 107 cm³/mol. The molecule has 9 heteroatoms. The van der Waals surface area contributed by atoms with Gasteiger partial charge in [-0.3, -0.25) is 4.79 Å². The van der Waals surface area contributed by atoms with Crippen molar-refractivity contribution < 1.29 is 9.53 Å². The average molecular weight is 413 g/mol. The van der Waals surface area contributed by atoms with Crippen LogP contribution in [0.2, 0.25) is 5.02 Å². The highest BCUT2D eigenvalue weighted by atomic mass is 35.5. The van der Waals surface area contributed by atoms with Crippen molar-refractivity contribution in [3.05, 3.63) is 59.3 Å². The molecule has 4 heterocycles. The molecule has 3 aromatic heterocycles. The molecule has 1 fully saturated rings. The van der Waals surface area contributed by atoms with E-state index in [4.69, 9.17) is 16.3 Å². The van der Waals surface area contributed by atoms with Crippen molar-refractivity contribution >= 4 is 17.5 Å². The number of hydrogen-bond donors (Lipinski definition) is 0. The Morgan fingerprint density at radius 2 is 2.00 bits per heavy atom. The second kappa shape index (κ2) is 8.16. The van der Waals surface area contributed by atoms with Crippen LogP contribution in [0.25, 0.3) is 5.69 Å². The molecule has 0 N–H and O–H groups in total. The van der Waals surface area contributed by atoms with E-state index in [0.717, 1.165) is 18.5 Å². The van der Waals surface area contributed by atoms with Gasteiger partial charge in [-0.05, 0) is 44.9 Å². The Morgan fingerprint density at radius 1 is 1.21 bits per heavy atom. The van der Waals surface area contributed by atoms with E-state index in [2.05, 4.69) is 20.2 Å². The number of carbonyl (C=O) groups is 1. The second-order valence-electron chi connectivity index (χ2n) is 6.99. The van der Waals surface area contributed by atoms with Crippen LogP contribution in [0.3, 0.4) is 0 Å². The maximum absolute atomic E-state index is 13.4. The first kappa shape index (κ1) is 19.3. The number of likely N-dealkylation sites (tertiary alicyclic amines) is 1. The van der Waals surface area contributed by atoms with Crippen LogP contribution in [0.5, 0.6) is 5.88 Å². The topological polar surface area (TPSA) is 86.0 Å². The van der Waals surface area contributed by atoms with E-state index >= 15 is 0 Å². The van der Waals surface area contributed by atoms with E-state index in [-0.39, 0.29) is 18.1 Å². The summed E-state index contributed by atoms with van der Waals surface area (Å²) >= 11 is 5.90. The summed E-state index contributed by atoms with van der Waals surface area (Å²) in [6.07, 6.45) is 6.19. The summed E-state index contributed by atoms with van der Waals surface area (Å²) in [5.41, 5.74) is 1.64. The van der Waals surface area contributed by atoms with Crippen molar-refractivity contribution in [3.8, 4) is 11.6 Å². The number of piperidine rings is 1. The number of hydrogen-bond acceptors (Lipinski definition) is 6. The quantitative estimate of drug-likeness (QED) is 0.654. The fraction of sp³-hybridized carbons (Fsp3) is 0.350. The van der Waals surface area contributed by atoms with Gasteiger partial charge in [0.2, 0.25) is 5.88 Å². The van der Waals surface area contributed by atoms with Crippen molar-refractivity contribution in [1.82, 2.24) is 29.9 Å². The number of rotatable bonds is 4. The molecule has 1 aliphatic rings. The lowest BCUT2D eigenvalue weighted by atomic mass is 9.99. The maximum atomic E-state index is 13.4. The van der Waals surface area contributed by atoms with Gasteiger partial charge in [-0.1, -0.05) is 11.6 Å². The molecular weight excluding hydrogens is 392 g/mol. The third-order valence-electron chi connectivity index (χ3n) is 5.00. The van der Waals surface area contributed by atoms with Gasteiger partial charge < -0.3 is 9.64 Å². The van der Waals surface area contributed by atoms with Crippen LogP contribution in [-0.2, 0) is 0 Å². The molecule has 4 rings (SSSR count). The minimum absolute atomic E-state index is 0.144. The Bertz CT molecular complexity index is 993. The smallest absolute Gasteiger partial charge is 0.275 e. The van der Waals surface area contributed by atoms with Crippen LogP contribution < -0.4 is 4.74 Å². The Kier molecular flexibility index (Phi) is 5.44. The number of ether oxygens (including phenoxy) is 1. The summed E-state index contributed by atoms with van der Waals surface area (Å²) in [5.74, 6) is 0.335. The highest BCUT2D eigenvalue weighted by Crippen LogP contribution is 2.25. The monoisotopic (exact) mass is 412 g/mol. The minimum Gasteiger partial charge on any atom is -0.472 e. The standard InChI is InChI=1S/C20H21ClN6O2/c1-13-5-7-16(27-23-9-10-24-27)19(25-13)20(28)26-11-3-4-17(14(26)2)29-18-8-6-15(21)12-22-18/h5-10,12,14,17H,3-4,11H2,1-2H3. The van der Waals surface area contributed by atoms with Gasteiger partial charge in [-0.2, -0.15) is 10.2 Å². The Hall–Kier alpha value is -3.00. The molecular formula is C20H21ClN6O2. The number of halogens is 1. The van der Waals surface area contributed by atoms with Crippen LogP contribution >= 0.6 is 11.6 Å². The molecule has 1 amide bonds. The molecule has 3 aromatic rings. The van der Waals surface area contributed by atoms with Gasteiger partial charge in [0, 0.05) is 24.5 Å². The zero-order valence-corrected chi connectivity index (χ0v) is 17.0. The lowest BCUT2D eigenvalue weighted by Crippen LogP contribution is -2.51. The van der Waals surface area contributed by atoms with Crippen molar-refractivity contribution in [2.24, 2.45) is 0 Å². The van der Waals surface area contributed by atoms with Crippen molar-refractivity contribution in [2.45, 2.75) is 38.8 Å². The minimum atomic E-state index is -0.169. The molecule has 29 heavy (non-hydrogen) atoms. The average Bonchev–Trinajstić information content (AvgIpc) is 3.25. The normalized spacial score (nSPS) is 19.2. The molecule has 0 aliphatic carbocycles. The molecule has 150 valence electrons. The molecule has 0 aromatic carbocycles. The Labute approximate surface area is 173 Å². The van der Waals surface area contributed by atoms with Gasteiger partial charge >= 0.3 is 0 Å². The van der Waals surface area contributed by atoms with Crippen molar-refractivity contribution in [1.29, 1.82) is 0 Å². The van der Waals surface area contributed by atoms with Crippen LogP contribution in [-0.4, -0.2) is 54.5 Å². The molecule has 2 unspecified atom stereocenters. The van der Waals surface area contributed by atoms with Gasteiger partial charge in [0.05, 0.1) is 23.5 Å². The lowest BCUT2D eigenvalue weighted by Gasteiger charge is -2.39. The summed E-state index contributed by atoms with van der Waals surface area (Å²) in [7, 11) is 0. The SMILES string of the molecule is Cc1ccc(-n2nccn2)c(C(=O)N2CCCC(Oc3ccc(Cl)cn3)C2C)n1. The Morgan fingerprint density at radius 3 is 2.72 bits per heavy atom. The number of pyridine rings is 2. The van der Waals surface area contributed by atoms with E-state index in [0.29, 0.717) is 28.8 Å². The fourth-order valence-electron chi connectivity index (χ4n) is 3.48. The zero-order valence-electron chi connectivity index (χ0n) is 16.2. The summed E-state index contributed by atoms with van der Waals surface area (Å²) in [5, 5.41) is 8.86. The summed E-state index contributed by atoms with van der Waals surface area (Å²) in [6.45, 7) is 4.48. The molecule has 2 atom stereocenters. The third kappa shape index (κ3) is 4.07. The molecule has 1 aliphatic heterocycles. The van der Waals surface area contributed by atoms with E-state index in [1.54, 1.807) is 35.6 Å². The zero-order chi connectivity index (χ0) is 20.4. The number of aryl methyl sites for hydroxylation is 1. The number of nitrogens with zero attached hydrogens (tertiary/aromatic N) is 6. The van der Waals surface area contributed by atoms with Gasteiger partial charge in [0.1, 0.15) is 11.8 Å². The first-order valence-corrected chi connectivity index (χ1v) is 9.84. The molecule has 0 radical (unpaired) electrons. The molecule has 8 nitrogen and oxygen atoms in total. The van der Waals surface area contributed by atoms with Crippen LogP contribution in [0.15, 0.2) is 42.9 Å². The molecule has 0 bridgehead atoms. The predicted octanol–water partition coefficient (Wildman–Crippen LogP) is 3.09. The van der Waals surface area contributed by atoms with E-state index in [1.165, 1.54) is 4.80 Å². The summed E-state index contributed by atoms with van der Waals surface area (Å²) in [6, 6.07) is 6.98. The van der Waals surface area contributed by atoms with E-state index < -0.39 is 0 Å². The highest BCUT2D eigenvalue weighted by Gasteiger charge is 2.35.